The number of ether oxygens (including phenoxy) is 2. The van der Waals surface area contributed by atoms with Crippen LogP contribution < -0.4 is 10.2 Å². The highest BCUT2D eigenvalue weighted by atomic mass is 19.1. The van der Waals surface area contributed by atoms with Gasteiger partial charge in [0.05, 0.1) is 30.2 Å². The number of hydrogen-bond acceptors (Lipinski definition) is 4. The second-order valence-corrected chi connectivity index (χ2v) is 6.46. The standard InChI is InChI=1S/C22H21F2NO4/c1-4-10-25-12-16(22(27)29-5-2)21(26)15-11-17(23)18(19(24)20(15)25)13-6-8-14(28-3)9-7-13/h6-9,11-12H,4-5,10H2,1-3H3. The lowest BCUT2D eigenvalue weighted by Gasteiger charge is -2.16. The average Bonchev–Trinajstić information content (AvgIpc) is 2.70. The summed E-state index contributed by atoms with van der Waals surface area (Å²) in [6, 6.07) is 7.26. The van der Waals surface area contributed by atoms with E-state index in [-0.39, 0.29) is 28.6 Å². The van der Waals surface area contributed by atoms with Crippen molar-refractivity contribution in [2.45, 2.75) is 26.8 Å². The second-order valence-electron chi connectivity index (χ2n) is 6.46. The quantitative estimate of drug-likeness (QED) is 0.569. The maximum Gasteiger partial charge on any atom is 0.343 e. The third-order valence-electron chi connectivity index (χ3n) is 4.59. The first-order valence-corrected chi connectivity index (χ1v) is 9.29. The van der Waals surface area contributed by atoms with E-state index < -0.39 is 23.0 Å². The number of nitrogens with zero attached hydrogens (tertiary/aromatic N) is 1. The van der Waals surface area contributed by atoms with Crippen LogP contribution in [0, 0.1) is 11.6 Å². The predicted octanol–water partition coefficient (Wildman–Crippen LogP) is 4.54. The van der Waals surface area contributed by atoms with Crippen molar-refractivity contribution in [1.29, 1.82) is 0 Å². The molecule has 0 radical (unpaired) electrons. The van der Waals surface area contributed by atoms with E-state index in [4.69, 9.17) is 9.47 Å². The average molecular weight is 401 g/mol. The fraction of sp³-hybridized carbons (Fsp3) is 0.273. The number of benzene rings is 2. The Morgan fingerprint density at radius 3 is 2.41 bits per heavy atom. The molecule has 0 unspecified atom stereocenters. The van der Waals surface area contributed by atoms with E-state index in [1.807, 2.05) is 6.92 Å². The van der Waals surface area contributed by atoms with E-state index >= 15 is 4.39 Å². The minimum Gasteiger partial charge on any atom is -0.497 e. The van der Waals surface area contributed by atoms with Gasteiger partial charge in [0.25, 0.3) is 0 Å². The van der Waals surface area contributed by atoms with E-state index in [1.165, 1.54) is 17.9 Å². The normalized spacial score (nSPS) is 10.9. The minimum atomic E-state index is -0.888. The molecule has 3 aromatic rings. The van der Waals surface area contributed by atoms with Crippen LogP contribution in [0.25, 0.3) is 22.0 Å². The predicted molar refractivity (Wildman–Crippen MR) is 106 cm³/mol. The lowest BCUT2D eigenvalue weighted by molar-refractivity contribution is 0.0524. The molecular weight excluding hydrogens is 380 g/mol. The number of fused-ring (bicyclic) bond motifs is 1. The number of aromatic nitrogens is 1. The first-order valence-electron chi connectivity index (χ1n) is 9.29. The lowest BCUT2D eigenvalue weighted by atomic mass is 10.0. The zero-order chi connectivity index (χ0) is 21.1. The molecule has 1 aromatic heterocycles. The molecule has 0 N–H and O–H groups in total. The molecule has 0 bridgehead atoms. The number of aryl methyl sites for hydroxylation is 1. The maximum atomic E-state index is 15.5. The summed E-state index contributed by atoms with van der Waals surface area (Å²) in [6.45, 7) is 3.92. The van der Waals surface area contributed by atoms with Crippen molar-refractivity contribution in [1.82, 2.24) is 4.57 Å². The molecule has 3 rings (SSSR count). The van der Waals surface area contributed by atoms with Gasteiger partial charge in [-0.1, -0.05) is 19.1 Å². The molecule has 0 fully saturated rings. The Balaban J connectivity index is 2.33. The number of carbonyl (C=O) groups excluding carboxylic acids is 1. The molecule has 1 heterocycles. The summed E-state index contributed by atoms with van der Waals surface area (Å²) in [7, 11) is 1.50. The molecule has 0 saturated heterocycles. The van der Waals surface area contributed by atoms with Gasteiger partial charge in [-0.05, 0) is 37.1 Å². The molecule has 0 saturated carbocycles. The summed E-state index contributed by atoms with van der Waals surface area (Å²) in [5, 5.41) is -0.198. The van der Waals surface area contributed by atoms with E-state index in [2.05, 4.69) is 0 Å². The van der Waals surface area contributed by atoms with Crippen LogP contribution in [0.3, 0.4) is 0 Å². The SMILES string of the molecule is CCCn1cc(C(=O)OCC)c(=O)c2cc(F)c(-c3ccc(OC)cc3)c(F)c21. The zero-order valence-corrected chi connectivity index (χ0v) is 16.4. The number of halogens is 2. The van der Waals surface area contributed by atoms with Crippen molar-refractivity contribution in [3.63, 3.8) is 0 Å². The van der Waals surface area contributed by atoms with Crippen LogP contribution in [0.2, 0.25) is 0 Å². The topological polar surface area (TPSA) is 57.5 Å². The van der Waals surface area contributed by atoms with E-state index in [0.717, 1.165) is 6.07 Å². The molecule has 152 valence electrons. The van der Waals surface area contributed by atoms with Gasteiger partial charge in [0, 0.05) is 12.7 Å². The van der Waals surface area contributed by atoms with Gasteiger partial charge in [-0.25, -0.2) is 13.6 Å². The number of rotatable bonds is 6. The molecule has 0 amide bonds. The number of pyridine rings is 1. The van der Waals surface area contributed by atoms with Crippen LogP contribution in [-0.2, 0) is 11.3 Å². The molecule has 29 heavy (non-hydrogen) atoms. The summed E-state index contributed by atoms with van der Waals surface area (Å²) in [4.78, 5) is 24.9. The van der Waals surface area contributed by atoms with Gasteiger partial charge in [-0.3, -0.25) is 4.79 Å². The highest BCUT2D eigenvalue weighted by Gasteiger charge is 2.23. The summed E-state index contributed by atoms with van der Waals surface area (Å²) in [5.74, 6) is -2.01. The molecule has 0 aliphatic heterocycles. The van der Waals surface area contributed by atoms with Gasteiger partial charge in [-0.15, -0.1) is 0 Å². The van der Waals surface area contributed by atoms with Crippen LogP contribution >= 0.6 is 0 Å². The van der Waals surface area contributed by atoms with Gasteiger partial charge in [0.15, 0.2) is 5.82 Å². The van der Waals surface area contributed by atoms with Crippen LogP contribution in [0.1, 0.15) is 30.6 Å². The Hall–Kier alpha value is -3.22. The maximum absolute atomic E-state index is 15.5. The van der Waals surface area contributed by atoms with Crippen LogP contribution in [0.15, 0.2) is 41.3 Å². The molecule has 0 aliphatic rings. The Morgan fingerprint density at radius 2 is 1.83 bits per heavy atom. The van der Waals surface area contributed by atoms with E-state index in [9.17, 15) is 14.0 Å². The highest BCUT2D eigenvalue weighted by molar-refractivity contribution is 5.95. The minimum absolute atomic E-state index is 0.0443. The number of hydrogen-bond donors (Lipinski definition) is 0. The second kappa shape index (κ2) is 8.43. The van der Waals surface area contributed by atoms with Crippen molar-refractivity contribution in [3.05, 3.63) is 63.9 Å². The number of methoxy groups -OCH3 is 1. The van der Waals surface area contributed by atoms with Crippen molar-refractivity contribution in [2.24, 2.45) is 0 Å². The van der Waals surface area contributed by atoms with Gasteiger partial charge < -0.3 is 14.0 Å². The first-order chi connectivity index (χ1) is 13.9. The van der Waals surface area contributed by atoms with Gasteiger partial charge in [0.1, 0.15) is 17.1 Å². The Morgan fingerprint density at radius 1 is 1.14 bits per heavy atom. The third kappa shape index (κ3) is 3.72. The fourth-order valence-corrected chi connectivity index (χ4v) is 3.28. The Labute approximate surface area is 166 Å². The molecule has 0 atom stereocenters. The molecule has 0 spiro atoms. The molecular formula is C22H21F2NO4. The van der Waals surface area contributed by atoms with Crippen molar-refractivity contribution in [2.75, 3.05) is 13.7 Å². The first kappa shape index (κ1) is 20.5. The van der Waals surface area contributed by atoms with Crippen LogP contribution in [0.5, 0.6) is 5.75 Å². The summed E-state index contributed by atoms with van der Waals surface area (Å²) >= 11 is 0. The highest BCUT2D eigenvalue weighted by Crippen LogP contribution is 2.32. The summed E-state index contributed by atoms with van der Waals surface area (Å²) in [5.41, 5.74) is -0.980. The number of esters is 1. The Bertz CT molecular complexity index is 1120. The fourth-order valence-electron chi connectivity index (χ4n) is 3.28. The van der Waals surface area contributed by atoms with Gasteiger partial charge in [-0.2, -0.15) is 0 Å². The number of carbonyl (C=O) groups is 1. The zero-order valence-electron chi connectivity index (χ0n) is 16.4. The van der Waals surface area contributed by atoms with Crippen molar-refractivity contribution in [3.8, 4) is 16.9 Å². The molecule has 2 aromatic carbocycles. The van der Waals surface area contributed by atoms with Gasteiger partial charge >= 0.3 is 5.97 Å². The summed E-state index contributed by atoms with van der Waals surface area (Å²) in [6.07, 6.45) is 1.90. The Kier molecular flexibility index (Phi) is 5.96. The molecule has 0 aliphatic carbocycles. The lowest BCUT2D eigenvalue weighted by Crippen LogP contribution is -2.22. The van der Waals surface area contributed by atoms with E-state index in [0.29, 0.717) is 24.3 Å². The van der Waals surface area contributed by atoms with Crippen molar-refractivity contribution >= 4 is 16.9 Å². The molecule has 5 nitrogen and oxygen atoms in total. The van der Waals surface area contributed by atoms with Crippen molar-refractivity contribution < 1.29 is 23.0 Å². The van der Waals surface area contributed by atoms with Crippen LogP contribution in [-0.4, -0.2) is 24.3 Å². The largest absolute Gasteiger partial charge is 0.497 e. The monoisotopic (exact) mass is 401 g/mol. The molecule has 7 heteroatoms. The van der Waals surface area contributed by atoms with Gasteiger partial charge in [0.2, 0.25) is 5.43 Å². The van der Waals surface area contributed by atoms with Crippen LogP contribution in [0.4, 0.5) is 8.78 Å². The smallest absolute Gasteiger partial charge is 0.343 e. The summed E-state index contributed by atoms with van der Waals surface area (Å²) < 4.78 is 41.8. The van der Waals surface area contributed by atoms with E-state index in [1.54, 1.807) is 31.2 Å². The third-order valence-corrected chi connectivity index (χ3v) is 4.59.